The molecule has 2 aliphatic rings. The van der Waals surface area contributed by atoms with Gasteiger partial charge >= 0.3 is 0 Å². The number of hydrogen-bond acceptors (Lipinski definition) is 3. The van der Waals surface area contributed by atoms with Crippen molar-refractivity contribution in [2.24, 2.45) is 17.3 Å². The van der Waals surface area contributed by atoms with Gasteiger partial charge in [0.1, 0.15) is 0 Å². The van der Waals surface area contributed by atoms with Gasteiger partial charge in [-0.3, -0.25) is 0 Å². The second kappa shape index (κ2) is 6.55. The predicted octanol–water partition coefficient (Wildman–Crippen LogP) is 2.10. The third kappa shape index (κ3) is 3.71. The summed E-state index contributed by atoms with van der Waals surface area (Å²) in [7, 11) is 2.12. The Labute approximate surface area is 118 Å². The molecule has 19 heavy (non-hydrogen) atoms. The summed E-state index contributed by atoms with van der Waals surface area (Å²) in [4.78, 5) is 2.60. The number of rotatable bonds is 4. The molecule has 0 amide bonds. The number of aliphatic hydroxyl groups is 1. The molecule has 3 nitrogen and oxygen atoms in total. The summed E-state index contributed by atoms with van der Waals surface area (Å²) >= 11 is 0. The summed E-state index contributed by atoms with van der Waals surface area (Å²) in [6.45, 7) is 8.72. The lowest BCUT2D eigenvalue weighted by atomic mass is 9.67. The molecule has 1 saturated heterocycles. The van der Waals surface area contributed by atoms with Gasteiger partial charge < -0.3 is 15.3 Å². The summed E-state index contributed by atoms with van der Waals surface area (Å²) in [5, 5.41) is 12.9. The number of hydrogen-bond donors (Lipinski definition) is 2. The molecule has 3 atom stereocenters. The Morgan fingerprint density at radius 2 is 2.05 bits per heavy atom. The van der Waals surface area contributed by atoms with Crippen molar-refractivity contribution in [3.8, 4) is 0 Å². The summed E-state index contributed by atoms with van der Waals surface area (Å²) in [6.07, 6.45) is 6.53. The van der Waals surface area contributed by atoms with Crippen LogP contribution in [-0.4, -0.2) is 49.3 Å². The Bertz CT molecular complexity index is 280. The van der Waals surface area contributed by atoms with Crippen molar-refractivity contribution in [1.82, 2.24) is 10.2 Å². The molecule has 0 aromatic carbocycles. The predicted molar refractivity (Wildman–Crippen MR) is 80.2 cm³/mol. The van der Waals surface area contributed by atoms with Gasteiger partial charge in [0.15, 0.2) is 0 Å². The molecular weight excluding hydrogens is 236 g/mol. The Balaban J connectivity index is 1.93. The van der Waals surface area contributed by atoms with Gasteiger partial charge in [0.25, 0.3) is 0 Å². The third-order valence-electron chi connectivity index (χ3n) is 5.37. The van der Waals surface area contributed by atoms with E-state index in [2.05, 4.69) is 31.1 Å². The molecule has 2 N–H and O–H groups in total. The highest BCUT2D eigenvalue weighted by atomic mass is 16.3. The zero-order valence-corrected chi connectivity index (χ0v) is 13.0. The van der Waals surface area contributed by atoms with E-state index in [1.165, 1.54) is 45.2 Å². The normalized spacial score (nSPS) is 36.3. The van der Waals surface area contributed by atoms with Crippen molar-refractivity contribution in [2.45, 2.75) is 52.0 Å². The van der Waals surface area contributed by atoms with Crippen LogP contribution in [0.1, 0.15) is 46.0 Å². The number of aliphatic hydroxyl groups excluding tert-OH is 1. The lowest BCUT2D eigenvalue weighted by Crippen LogP contribution is -2.52. The van der Waals surface area contributed by atoms with E-state index in [-0.39, 0.29) is 0 Å². The van der Waals surface area contributed by atoms with Crippen molar-refractivity contribution in [2.75, 3.05) is 33.3 Å². The second-order valence-electron chi connectivity index (χ2n) is 7.36. The second-order valence-corrected chi connectivity index (χ2v) is 7.36. The first kappa shape index (κ1) is 15.3. The summed E-state index contributed by atoms with van der Waals surface area (Å²) < 4.78 is 0. The molecule has 1 aliphatic heterocycles. The van der Waals surface area contributed by atoms with Crippen LogP contribution in [0.25, 0.3) is 0 Å². The minimum atomic E-state index is 0.363. The first-order valence-corrected chi connectivity index (χ1v) is 8.07. The van der Waals surface area contributed by atoms with E-state index in [4.69, 9.17) is 0 Å². The Hall–Kier alpha value is -0.120. The monoisotopic (exact) mass is 268 g/mol. The number of likely N-dealkylation sites (tertiary alicyclic amines) is 1. The standard InChI is InChI=1S/C16H32N2O/c1-16(2)8-4-7-14(15(16)17-3)11-18-9-5-6-13(10-18)12-19/h13-15,17,19H,4-12H2,1-3H3. The molecule has 0 spiro atoms. The molecule has 2 rings (SSSR count). The quantitative estimate of drug-likeness (QED) is 0.820. The van der Waals surface area contributed by atoms with Gasteiger partial charge in [-0.15, -0.1) is 0 Å². The zero-order valence-electron chi connectivity index (χ0n) is 13.0. The Morgan fingerprint density at radius 3 is 2.74 bits per heavy atom. The maximum Gasteiger partial charge on any atom is 0.0471 e. The van der Waals surface area contributed by atoms with Crippen LogP contribution in [0.4, 0.5) is 0 Å². The maximum atomic E-state index is 9.36. The highest BCUT2D eigenvalue weighted by Crippen LogP contribution is 2.39. The van der Waals surface area contributed by atoms with E-state index in [1.807, 2.05) is 0 Å². The molecule has 0 radical (unpaired) electrons. The summed E-state index contributed by atoms with van der Waals surface area (Å²) in [6, 6.07) is 0.635. The molecule has 112 valence electrons. The van der Waals surface area contributed by atoms with E-state index < -0.39 is 0 Å². The number of nitrogens with zero attached hydrogens (tertiary/aromatic N) is 1. The lowest BCUT2D eigenvalue weighted by molar-refractivity contribution is 0.0573. The fourth-order valence-electron chi connectivity index (χ4n) is 4.40. The zero-order chi connectivity index (χ0) is 13.9. The topological polar surface area (TPSA) is 35.5 Å². The molecule has 0 bridgehead atoms. The first-order valence-electron chi connectivity index (χ1n) is 8.07. The van der Waals surface area contributed by atoms with Gasteiger partial charge in [0.05, 0.1) is 0 Å². The average molecular weight is 268 g/mol. The van der Waals surface area contributed by atoms with Crippen LogP contribution in [0.2, 0.25) is 0 Å². The Kier molecular flexibility index (Phi) is 5.27. The average Bonchev–Trinajstić information content (AvgIpc) is 2.38. The van der Waals surface area contributed by atoms with Crippen LogP contribution in [0.3, 0.4) is 0 Å². The first-order chi connectivity index (χ1) is 9.06. The molecule has 0 aromatic heterocycles. The summed E-state index contributed by atoms with van der Waals surface area (Å²) in [5.74, 6) is 1.28. The van der Waals surface area contributed by atoms with Crippen LogP contribution in [0.15, 0.2) is 0 Å². The van der Waals surface area contributed by atoms with Crippen molar-refractivity contribution in [3.05, 3.63) is 0 Å². The van der Waals surface area contributed by atoms with Gasteiger partial charge in [0, 0.05) is 25.7 Å². The van der Waals surface area contributed by atoms with Gasteiger partial charge in [-0.2, -0.15) is 0 Å². The van der Waals surface area contributed by atoms with Gasteiger partial charge in [0.2, 0.25) is 0 Å². The molecule has 3 unspecified atom stereocenters. The highest BCUT2D eigenvalue weighted by Gasteiger charge is 2.38. The van der Waals surface area contributed by atoms with Crippen LogP contribution in [0, 0.1) is 17.3 Å². The minimum Gasteiger partial charge on any atom is -0.396 e. The van der Waals surface area contributed by atoms with E-state index in [1.54, 1.807) is 0 Å². The van der Waals surface area contributed by atoms with Crippen molar-refractivity contribution in [3.63, 3.8) is 0 Å². The molecule has 1 aliphatic carbocycles. The fourth-order valence-corrected chi connectivity index (χ4v) is 4.40. The van der Waals surface area contributed by atoms with Crippen LogP contribution >= 0.6 is 0 Å². The van der Waals surface area contributed by atoms with Crippen LogP contribution < -0.4 is 5.32 Å². The highest BCUT2D eigenvalue weighted by molar-refractivity contribution is 4.94. The van der Waals surface area contributed by atoms with Gasteiger partial charge in [-0.05, 0) is 56.5 Å². The molecular formula is C16H32N2O. The number of piperidine rings is 1. The minimum absolute atomic E-state index is 0.363. The Morgan fingerprint density at radius 1 is 1.26 bits per heavy atom. The molecule has 0 aromatic rings. The largest absolute Gasteiger partial charge is 0.396 e. The molecule has 1 saturated carbocycles. The number of nitrogens with one attached hydrogen (secondary N) is 1. The van der Waals surface area contributed by atoms with E-state index >= 15 is 0 Å². The van der Waals surface area contributed by atoms with E-state index in [0.717, 1.165) is 12.5 Å². The van der Waals surface area contributed by atoms with Gasteiger partial charge in [-0.25, -0.2) is 0 Å². The smallest absolute Gasteiger partial charge is 0.0471 e. The lowest BCUT2D eigenvalue weighted by Gasteiger charge is -2.46. The van der Waals surface area contributed by atoms with Crippen LogP contribution in [0.5, 0.6) is 0 Å². The van der Waals surface area contributed by atoms with Gasteiger partial charge in [-0.1, -0.05) is 20.3 Å². The fraction of sp³-hybridized carbons (Fsp3) is 1.00. The SMILES string of the molecule is CNC1C(CN2CCCC(CO)C2)CCCC1(C)C. The summed E-state index contributed by atoms with van der Waals surface area (Å²) in [5.41, 5.74) is 0.420. The van der Waals surface area contributed by atoms with E-state index in [9.17, 15) is 5.11 Å². The van der Waals surface area contributed by atoms with Crippen LogP contribution in [-0.2, 0) is 0 Å². The molecule has 1 heterocycles. The van der Waals surface area contributed by atoms with Crippen molar-refractivity contribution in [1.29, 1.82) is 0 Å². The third-order valence-corrected chi connectivity index (χ3v) is 5.37. The molecule has 2 fully saturated rings. The maximum absolute atomic E-state index is 9.36. The van der Waals surface area contributed by atoms with E-state index in [0.29, 0.717) is 24.0 Å². The van der Waals surface area contributed by atoms with Crippen molar-refractivity contribution < 1.29 is 5.11 Å². The molecule has 3 heteroatoms. The van der Waals surface area contributed by atoms with Crippen molar-refractivity contribution >= 4 is 0 Å².